The van der Waals surface area contributed by atoms with Crippen molar-refractivity contribution in [3.63, 3.8) is 0 Å². The minimum Gasteiger partial charge on any atom is -0.458 e. The molecule has 0 saturated carbocycles. The number of benzene rings is 1. The van der Waals surface area contributed by atoms with Crippen LogP contribution < -0.4 is 69.5 Å². The van der Waals surface area contributed by atoms with Crippen LogP contribution in [0.3, 0.4) is 0 Å². The molecule has 0 unspecified atom stereocenters. The summed E-state index contributed by atoms with van der Waals surface area (Å²) in [5.41, 5.74) is 6.12. The van der Waals surface area contributed by atoms with Gasteiger partial charge in [0.25, 0.3) is 5.91 Å². The van der Waals surface area contributed by atoms with Crippen LogP contribution in [0.1, 0.15) is 195 Å². The maximum Gasteiger partial charge on any atom is 0.329 e. The number of carbonyl (C=O) groups excluding carboxylic acids is 14. The molecule has 106 heavy (non-hydrogen) atoms. The lowest BCUT2D eigenvalue weighted by Crippen LogP contribution is -2.64. The summed E-state index contributed by atoms with van der Waals surface area (Å²) >= 11 is 6.53. The van der Waals surface area contributed by atoms with Crippen molar-refractivity contribution >= 4 is 94.4 Å². The Bertz CT molecular complexity index is 3240. The highest BCUT2D eigenvalue weighted by Crippen LogP contribution is 2.24. The first-order chi connectivity index (χ1) is 49.7. The number of allylic oxidation sites excluding steroid dienone is 1. The molecule has 13 amide bonds. The number of cyclic esters (lactones) is 1. The Hall–Kier alpha value is -8.25. The van der Waals surface area contributed by atoms with Gasteiger partial charge in [-0.15, -0.1) is 0 Å². The van der Waals surface area contributed by atoms with E-state index in [2.05, 4.69) is 63.8 Å². The van der Waals surface area contributed by atoms with Crippen LogP contribution in [0, 0.1) is 47.3 Å². The summed E-state index contributed by atoms with van der Waals surface area (Å²) in [6.45, 7) is 31.6. The smallest absolute Gasteiger partial charge is 0.329 e. The van der Waals surface area contributed by atoms with Gasteiger partial charge in [0, 0.05) is 24.4 Å². The third kappa shape index (κ3) is 27.5. The van der Waals surface area contributed by atoms with E-state index in [1.165, 1.54) is 31.7 Å². The molecular weight excluding hydrogens is 1390 g/mol. The van der Waals surface area contributed by atoms with Gasteiger partial charge in [-0.2, -0.15) is 0 Å². The lowest BCUT2D eigenvalue weighted by molar-refractivity contribution is -0.157. The highest BCUT2D eigenvalue weighted by Gasteiger charge is 2.45. The first-order valence-electron chi connectivity index (χ1n) is 37.6. The lowest BCUT2D eigenvalue weighted by Gasteiger charge is -2.33. The number of hydrogen-bond donors (Lipinski definition) is 14. The Balaban J connectivity index is 2.01. The van der Waals surface area contributed by atoms with Gasteiger partial charge in [0.2, 0.25) is 70.9 Å². The van der Waals surface area contributed by atoms with Crippen LogP contribution >= 0.6 is 11.6 Å². The van der Waals surface area contributed by atoms with Crippen LogP contribution in [-0.4, -0.2) is 191 Å². The van der Waals surface area contributed by atoms with Crippen molar-refractivity contribution in [3.05, 3.63) is 46.6 Å². The molecule has 3 rings (SSSR count). The van der Waals surface area contributed by atoms with E-state index in [0.29, 0.717) is 30.7 Å². The molecule has 0 aromatic heterocycles. The second-order valence-electron chi connectivity index (χ2n) is 30.3. The van der Waals surface area contributed by atoms with E-state index in [1.54, 1.807) is 121 Å². The zero-order valence-electron chi connectivity index (χ0n) is 65.5. The molecule has 30 nitrogen and oxygen atoms in total. The molecule has 16 atom stereocenters. The predicted molar refractivity (Wildman–Crippen MR) is 400 cm³/mol. The third-order valence-corrected chi connectivity index (χ3v) is 19.7. The summed E-state index contributed by atoms with van der Waals surface area (Å²) in [4.78, 5) is 202. The molecule has 596 valence electrons. The molecule has 1 aromatic carbocycles. The molecule has 0 aliphatic carbocycles. The molecule has 0 bridgehead atoms. The van der Waals surface area contributed by atoms with E-state index in [9.17, 15) is 62.6 Å². The third-order valence-electron chi connectivity index (χ3n) is 19.4. The number of aliphatic hydroxyl groups is 1. The van der Waals surface area contributed by atoms with E-state index < -0.39 is 203 Å². The summed E-state index contributed by atoms with van der Waals surface area (Å²) in [5, 5.41) is 43.3. The van der Waals surface area contributed by atoms with Crippen molar-refractivity contribution < 1.29 is 77.0 Å². The molecule has 2 aliphatic heterocycles. The van der Waals surface area contributed by atoms with Crippen LogP contribution in [-0.2, 0) is 78.3 Å². The van der Waals surface area contributed by atoms with Crippen LogP contribution in [0.5, 0.6) is 0 Å². The van der Waals surface area contributed by atoms with E-state index >= 15 is 9.59 Å². The molecule has 1 aromatic rings. The first-order valence-corrected chi connectivity index (χ1v) is 38.0. The van der Waals surface area contributed by atoms with Crippen molar-refractivity contribution in [1.82, 2.24) is 68.7 Å². The SMILES string of the molecule is C/C=C1\NC(=O)[C@H](Cc2ccccc2Cl)NC(=O)[C@@H](C(C)C)NC(=O)[C@@H]([C@@H](C)CC)NC(=O)[C@H](NC(=O)[C@H](NC(=O)[C@H](CCCN)NC(=O)[C@H]2CCCN2C(=O)[C@H](NC(=O)[C@@H](NC(=O)[C@@H](NC(=O)[C@H](NC(=O)CCCC(C)C)C(C)C)[C@@H](C)O)C(C)C)C(C)C)[C@@H](C)CC)[C@@H](C)OC(=O)[C@H](C(C)C)NC1=O. The lowest BCUT2D eigenvalue weighted by atomic mass is 9.95. The van der Waals surface area contributed by atoms with Crippen LogP contribution in [0.25, 0.3) is 0 Å². The molecule has 2 aliphatic rings. The molecule has 2 saturated heterocycles. The summed E-state index contributed by atoms with van der Waals surface area (Å²) in [5.74, 6) is -15.4. The number of ether oxygens (including phenoxy) is 1. The average Bonchev–Trinajstić information content (AvgIpc) is 1.69. The fourth-order valence-electron chi connectivity index (χ4n) is 12.2. The van der Waals surface area contributed by atoms with Crippen LogP contribution in [0.15, 0.2) is 36.0 Å². The molecule has 0 spiro atoms. The van der Waals surface area contributed by atoms with E-state index in [0.717, 1.165) is 6.42 Å². The summed E-state index contributed by atoms with van der Waals surface area (Å²) < 4.78 is 5.96. The predicted octanol–water partition coefficient (Wildman–Crippen LogP) is 2.49. The molecule has 0 radical (unpaired) electrons. The number of rotatable bonds is 33. The molecule has 15 N–H and O–H groups in total. The molecule has 2 heterocycles. The van der Waals surface area contributed by atoms with E-state index in [-0.39, 0.29) is 68.2 Å². The number of amides is 13. The normalized spacial score (nSPS) is 22.5. The van der Waals surface area contributed by atoms with Crippen molar-refractivity contribution in [2.24, 2.45) is 53.1 Å². The van der Waals surface area contributed by atoms with Gasteiger partial charge in [-0.25, -0.2) is 4.79 Å². The molecule has 31 heteroatoms. The van der Waals surface area contributed by atoms with Crippen molar-refractivity contribution in [2.45, 2.75) is 280 Å². The van der Waals surface area contributed by atoms with Crippen LogP contribution in [0.4, 0.5) is 0 Å². The largest absolute Gasteiger partial charge is 0.458 e. The maximum atomic E-state index is 15.1. The second kappa shape index (κ2) is 44.1. The Kier molecular flexibility index (Phi) is 38.3. The topological polar surface area (TPSA) is 442 Å². The number of hydrogen-bond acceptors (Lipinski definition) is 17. The second-order valence-corrected chi connectivity index (χ2v) is 30.7. The van der Waals surface area contributed by atoms with Gasteiger partial charge < -0.3 is 84.3 Å². The number of aliphatic hydroxyl groups excluding tert-OH is 1. The zero-order chi connectivity index (χ0) is 80.3. The minimum absolute atomic E-state index is 0.0569. The number of halogens is 1. The standard InChI is InChI=1S/C75H123ClN14O16/c1-20-43(16)59(71(101)89-62-46(19)106-75(105)58(42(14)15)85-63(93)49(22-3)78-65(95)51(36-47-29-23-24-30-48(47)76)80-67(97)55(39(8)9)82-70(100)60(44(17)21-2)87-73(62)103)86-64(94)50(31-26-34-77)79-66(96)52-32-27-35-90(52)74(104)57(41(12)13)84-69(99)56(40(10)11)83-72(102)61(45(18)91)88-68(98)54(38(6)7)81-53(92)33-25-28-37(4)5/h22-24,29-30,37-46,50-52,54-62,91H,20-21,25-28,31-36,77H2,1-19H3,(H,78,95)(H,79,96)(H,80,97)(H,81,92)(H,82,100)(H,83,102)(H,84,99)(H,85,93)(H,86,94)(H,87,103)(H,88,98)(H,89,101)/b49-22-/t43-,44-,45+,46+,50-,51-,52+,54+,55+,56-,57+,58-,59+,60+,61-,62+/m0/s1. The summed E-state index contributed by atoms with van der Waals surface area (Å²) in [7, 11) is 0. The number of nitrogens with zero attached hydrogens (tertiary/aromatic N) is 1. The van der Waals surface area contributed by atoms with Crippen molar-refractivity contribution in [1.29, 1.82) is 0 Å². The van der Waals surface area contributed by atoms with E-state index in [4.69, 9.17) is 22.1 Å². The summed E-state index contributed by atoms with van der Waals surface area (Å²) in [6, 6.07) is -10.0. The van der Waals surface area contributed by atoms with Gasteiger partial charge in [-0.1, -0.05) is 166 Å². The number of nitrogens with two attached hydrogens (primary N) is 1. The van der Waals surface area contributed by atoms with Gasteiger partial charge in [0.05, 0.1) is 6.10 Å². The fourth-order valence-corrected chi connectivity index (χ4v) is 12.4. The van der Waals surface area contributed by atoms with Gasteiger partial charge >= 0.3 is 5.97 Å². The van der Waals surface area contributed by atoms with Gasteiger partial charge in [-0.05, 0) is 118 Å². The number of carbonyl (C=O) groups is 14. The highest BCUT2D eigenvalue weighted by molar-refractivity contribution is 6.31. The Morgan fingerprint density at radius 2 is 1.18 bits per heavy atom. The Morgan fingerprint density at radius 3 is 1.72 bits per heavy atom. The van der Waals surface area contributed by atoms with Gasteiger partial charge in [-0.3, -0.25) is 62.3 Å². The van der Waals surface area contributed by atoms with Crippen LogP contribution in [0.2, 0.25) is 5.02 Å². The van der Waals surface area contributed by atoms with Crippen molar-refractivity contribution in [3.8, 4) is 0 Å². The molecular formula is C75H123ClN14O16. The van der Waals surface area contributed by atoms with Crippen molar-refractivity contribution in [2.75, 3.05) is 13.1 Å². The minimum atomic E-state index is -1.84. The first kappa shape index (κ1) is 92.0. The number of nitrogens with one attached hydrogen (secondary N) is 12. The van der Waals surface area contributed by atoms with Gasteiger partial charge in [0.1, 0.15) is 84.3 Å². The Morgan fingerprint density at radius 1 is 0.632 bits per heavy atom. The van der Waals surface area contributed by atoms with E-state index in [1.807, 2.05) is 13.8 Å². The molecule has 2 fully saturated rings. The quantitative estimate of drug-likeness (QED) is 0.0355. The number of likely N-dealkylation sites (tertiary alicyclic amines) is 1. The maximum absolute atomic E-state index is 15.1. The Labute approximate surface area is 630 Å². The summed E-state index contributed by atoms with van der Waals surface area (Å²) in [6.07, 6.45) is 0.819. The highest BCUT2D eigenvalue weighted by atomic mass is 35.5. The fraction of sp³-hybridized carbons (Fsp3) is 0.707. The van der Waals surface area contributed by atoms with Gasteiger partial charge in [0.15, 0.2) is 0 Å². The average molecular weight is 1510 g/mol. The monoisotopic (exact) mass is 1510 g/mol. The zero-order valence-corrected chi connectivity index (χ0v) is 66.3. The number of esters is 1.